The average Bonchev–Trinajstić information content (AvgIpc) is 2.89. The highest BCUT2D eigenvalue weighted by molar-refractivity contribution is 6.08. The van der Waals surface area contributed by atoms with Crippen LogP contribution in [0.1, 0.15) is 31.8 Å². The summed E-state index contributed by atoms with van der Waals surface area (Å²) < 4.78 is 0. The highest BCUT2D eigenvalue weighted by Gasteiger charge is 2.08. The van der Waals surface area contributed by atoms with E-state index in [0.717, 1.165) is 16.7 Å². The number of ketones is 2. The summed E-state index contributed by atoms with van der Waals surface area (Å²) in [6.45, 7) is 0. The first-order valence-corrected chi connectivity index (χ1v) is 10.6. The number of allylic oxidation sites excluding steroid dienone is 2. The molecule has 0 aliphatic heterocycles. The Hall–Kier alpha value is -4.70. The molecular formula is C30H24O4. The van der Waals surface area contributed by atoms with E-state index in [2.05, 4.69) is 0 Å². The summed E-state index contributed by atoms with van der Waals surface area (Å²) in [4.78, 5) is 23.6. The van der Waals surface area contributed by atoms with Gasteiger partial charge in [0.2, 0.25) is 0 Å². The number of carbonyl (C=O) groups excluding carboxylic acids is 2. The second-order valence-corrected chi connectivity index (χ2v) is 7.28. The van der Waals surface area contributed by atoms with Gasteiger partial charge in [-0.05, 0) is 41.5 Å². The van der Waals surface area contributed by atoms with E-state index in [-0.39, 0.29) is 28.6 Å². The van der Waals surface area contributed by atoms with Crippen LogP contribution in [0, 0.1) is 0 Å². The fraction of sp³-hybridized carbons (Fsp3) is 0. The first-order chi connectivity index (χ1) is 16.5. The number of aromatic hydroxyl groups is 2. The van der Waals surface area contributed by atoms with Crippen molar-refractivity contribution in [2.75, 3.05) is 0 Å². The summed E-state index contributed by atoms with van der Waals surface area (Å²) in [6.07, 6.45) is 6.45. The maximum atomic E-state index is 11.8. The first-order valence-electron chi connectivity index (χ1n) is 10.6. The molecule has 0 atom stereocenters. The standard InChI is InChI=1S/C15H12O3.C15H12O/c16-12-7-9-15(18)13(10-12)14(17)8-6-11-4-2-1-3-5-11;16-15(14-9-5-2-6-10-14)12-11-13-7-3-1-4-8-13/h1-10,16,18H;1-12H/b8-6+;12-11+. The molecule has 0 aliphatic rings. The summed E-state index contributed by atoms with van der Waals surface area (Å²) in [5.74, 6) is -0.517. The van der Waals surface area contributed by atoms with Crippen molar-refractivity contribution in [1.82, 2.24) is 0 Å². The molecule has 168 valence electrons. The number of phenolic OH excluding ortho intramolecular Hbond substituents is 2. The normalized spacial score (nSPS) is 10.6. The lowest BCUT2D eigenvalue weighted by atomic mass is 10.1. The Morgan fingerprint density at radius 1 is 0.559 bits per heavy atom. The van der Waals surface area contributed by atoms with Gasteiger partial charge in [-0.25, -0.2) is 0 Å². The number of hydrogen-bond donors (Lipinski definition) is 2. The van der Waals surface area contributed by atoms with Crippen LogP contribution in [0.5, 0.6) is 11.5 Å². The van der Waals surface area contributed by atoms with Crippen LogP contribution in [0.3, 0.4) is 0 Å². The van der Waals surface area contributed by atoms with Crippen LogP contribution in [-0.2, 0) is 0 Å². The van der Waals surface area contributed by atoms with Crippen LogP contribution in [-0.4, -0.2) is 21.8 Å². The van der Waals surface area contributed by atoms with Gasteiger partial charge < -0.3 is 10.2 Å². The van der Waals surface area contributed by atoms with Crippen molar-refractivity contribution >= 4 is 23.7 Å². The zero-order valence-corrected chi connectivity index (χ0v) is 18.4. The van der Waals surface area contributed by atoms with E-state index in [4.69, 9.17) is 0 Å². The molecule has 0 heterocycles. The highest BCUT2D eigenvalue weighted by atomic mass is 16.3. The monoisotopic (exact) mass is 448 g/mol. The van der Waals surface area contributed by atoms with E-state index in [1.54, 1.807) is 12.2 Å². The average molecular weight is 449 g/mol. The third-order valence-corrected chi connectivity index (χ3v) is 4.76. The molecule has 34 heavy (non-hydrogen) atoms. The Morgan fingerprint density at radius 3 is 1.56 bits per heavy atom. The molecule has 0 radical (unpaired) electrons. The maximum absolute atomic E-state index is 11.8. The first kappa shape index (κ1) is 24.0. The Kier molecular flexibility index (Phi) is 8.71. The number of benzene rings is 4. The molecule has 0 unspecified atom stereocenters. The van der Waals surface area contributed by atoms with Crippen LogP contribution in [0.4, 0.5) is 0 Å². The maximum Gasteiger partial charge on any atom is 0.189 e. The van der Waals surface area contributed by atoms with Gasteiger partial charge in [0.1, 0.15) is 11.5 Å². The third kappa shape index (κ3) is 7.46. The molecule has 4 rings (SSSR count). The number of hydrogen-bond acceptors (Lipinski definition) is 4. The minimum Gasteiger partial charge on any atom is -0.508 e. The van der Waals surface area contributed by atoms with Crippen molar-refractivity contribution in [3.63, 3.8) is 0 Å². The molecule has 0 amide bonds. The highest BCUT2D eigenvalue weighted by Crippen LogP contribution is 2.23. The molecule has 2 N–H and O–H groups in total. The molecule has 4 nitrogen and oxygen atoms in total. The molecule has 0 aliphatic carbocycles. The Bertz CT molecular complexity index is 1280. The molecule has 0 fully saturated rings. The molecule has 4 aromatic carbocycles. The van der Waals surface area contributed by atoms with E-state index in [1.807, 2.05) is 97.1 Å². The molecule has 0 saturated carbocycles. The van der Waals surface area contributed by atoms with Gasteiger partial charge in [-0.1, -0.05) is 103 Å². The largest absolute Gasteiger partial charge is 0.508 e. The van der Waals surface area contributed by atoms with Crippen LogP contribution in [0.2, 0.25) is 0 Å². The van der Waals surface area contributed by atoms with Crippen molar-refractivity contribution in [3.05, 3.63) is 144 Å². The molecule has 4 aromatic rings. The smallest absolute Gasteiger partial charge is 0.189 e. The van der Waals surface area contributed by atoms with Crippen molar-refractivity contribution in [2.24, 2.45) is 0 Å². The van der Waals surface area contributed by atoms with E-state index < -0.39 is 0 Å². The molecule has 0 spiro atoms. The van der Waals surface area contributed by atoms with Gasteiger partial charge in [0.05, 0.1) is 5.56 Å². The van der Waals surface area contributed by atoms with Gasteiger partial charge in [-0.3, -0.25) is 9.59 Å². The molecular weight excluding hydrogens is 424 g/mol. The third-order valence-electron chi connectivity index (χ3n) is 4.76. The lowest BCUT2D eigenvalue weighted by molar-refractivity contribution is 0.103. The van der Waals surface area contributed by atoms with Crippen molar-refractivity contribution < 1.29 is 19.8 Å². The van der Waals surface area contributed by atoms with Crippen molar-refractivity contribution in [2.45, 2.75) is 0 Å². The fourth-order valence-corrected chi connectivity index (χ4v) is 2.98. The van der Waals surface area contributed by atoms with Crippen LogP contribution in [0.15, 0.2) is 121 Å². The topological polar surface area (TPSA) is 74.6 Å². The van der Waals surface area contributed by atoms with Gasteiger partial charge in [-0.15, -0.1) is 0 Å². The van der Waals surface area contributed by atoms with E-state index >= 15 is 0 Å². The Morgan fingerprint density at radius 2 is 1.03 bits per heavy atom. The predicted octanol–water partition coefficient (Wildman–Crippen LogP) is 6.58. The predicted molar refractivity (Wildman–Crippen MR) is 136 cm³/mol. The van der Waals surface area contributed by atoms with Crippen LogP contribution < -0.4 is 0 Å². The minimum atomic E-state index is -0.354. The number of rotatable bonds is 6. The zero-order valence-electron chi connectivity index (χ0n) is 18.4. The second kappa shape index (κ2) is 12.4. The fourth-order valence-electron chi connectivity index (χ4n) is 2.98. The number of phenols is 2. The van der Waals surface area contributed by atoms with Gasteiger partial charge in [0.25, 0.3) is 0 Å². The number of carbonyl (C=O) groups is 2. The summed E-state index contributed by atoms with van der Waals surface area (Å²) in [5.41, 5.74) is 2.73. The molecule has 0 saturated heterocycles. The van der Waals surface area contributed by atoms with Gasteiger partial charge in [0.15, 0.2) is 11.6 Å². The summed E-state index contributed by atoms with van der Waals surface area (Å²) in [5, 5.41) is 18.8. The lowest BCUT2D eigenvalue weighted by Crippen LogP contribution is -1.94. The molecule has 4 heteroatoms. The van der Waals surface area contributed by atoms with E-state index in [9.17, 15) is 19.8 Å². The van der Waals surface area contributed by atoms with Gasteiger partial charge in [0, 0.05) is 5.56 Å². The minimum absolute atomic E-state index is 0.0319. The second-order valence-electron chi connectivity index (χ2n) is 7.28. The summed E-state index contributed by atoms with van der Waals surface area (Å²) >= 11 is 0. The van der Waals surface area contributed by atoms with Gasteiger partial charge >= 0.3 is 0 Å². The summed E-state index contributed by atoms with van der Waals surface area (Å²) in [6, 6.07) is 32.3. The van der Waals surface area contributed by atoms with Crippen molar-refractivity contribution in [1.29, 1.82) is 0 Å². The van der Waals surface area contributed by atoms with Crippen molar-refractivity contribution in [3.8, 4) is 11.5 Å². The van der Waals surface area contributed by atoms with E-state index in [0.29, 0.717) is 0 Å². The lowest BCUT2D eigenvalue weighted by Gasteiger charge is -2.01. The summed E-state index contributed by atoms with van der Waals surface area (Å²) in [7, 11) is 0. The van der Waals surface area contributed by atoms with Crippen LogP contribution >= 0.6 is 0 Å². The molecule has 0 bridgehead atoms. The Balaban J connectivity index is 0.000000192. The van der Waals surface area contributed by atoms with Crippen LogP contribution in [0.25, 0.3) is 12.2 Å². The van der Waals surface area contributed by atoms with E-state index in [1.165, 1.54) is 24.3 Å². The SMILES string of the molecule is O=C(/C=C/c1ccccc1)c1cc(O)ccc1O.O=C(/C=C/c1ccccc1)c1ccccc1. The van der Waals surface area contributed by atoms with Gasteiger partial charge in [-0.2, -0.15) is 0 Å². The zero-order chi connectivity index (χ0) is 24.2. The molecule has 0 aromatic heterocycles. The quantitative estimate of drug-likeness (QED) is 0.199. The Labute approximate surface area is 198 Å².